The van der Waals surface area contributed by atoms with Gasteiger partial charge in [0.25, 0.3) is 0 Å². The lowest BCUT2D eigenvalue weighted by Gasteiger charge is -2.11. The van der Waals surface area contributed by atoms with Crippen molar-refractivity contribution in [1.29, 1.82) is 0 Å². The minimum atomic E-state index is -0.359. The number of hydrogen-bond donors (Lipinski definition) is 1. The normalized spacial score (nSPS) is 13.1. The molecular formula is C13H20O2. The Kier molecular flexibility index (Phi) is 5.37. The monoisotopic (exact) mass is 208 g/mol. The Balaban J connectivity index is 2.22. The van der Waals surface area contributed by atoms with Crippen molar-refractivity contribution in [3.05, 3.63) is 35.9 Å². The Hall–Kier alpha value is -0.860. The highest BCUT2D eigenvalue weighted by Gasteiger charge is 2.06. The minimum Gasteiger partial charge on any atom is -0.388 e. The van der Waals surface area contributed by atoms with Crippen LogP contribution in [0.2, 0.25) is 0 Å². The molecule has 0 heterocycles. The zero-order valence-electron chi connectivity index (χ0n) is 9.52. The zero-order chi connectivity index (χ0) is 11.1. The maximum atomic E-state index is 9.83. The van der Waals surface area contributed by atoms with Gasteiger partial charge in [-0.05, 0) is 32.3 Å². The molecule has 1 aromatic carbocycles. The number of rotatable bonds is 6. The molecule has 0 fully saturated rings. The molecule has 84 valence electrons. The average molecular weight is 208 g/mol. The lowest BCUT2D eigenvalue weighted by atomic mass is 10.1. The summed E-state index contributed by atoms with van der Waals surface area (Å²) < 4.78 is 5.42. The van der Waals surface area contributed by atoms with E-state index in [1.165, 1.54) is 0 Å². The average Bonchev–Trinajstić information content (AvgIpc) is 2.25. The molecule has 1 unspecified atom stereocenters. The fraction of sp³-hybridized carbons (Fsp3) is 0.538. The van der Waals surface area contributed by atoms with Crippen LogP contribution in [0.15, 0.2) is 30.3 Å². The molecule has 1 rings (SSSR count). The van der Waals surface area contributed by atoms with E-state index in [2.05, 4.69) is 0 Å². The van der Waals surface area contributed by atoms with Crippen LogP contribution in [0.25, 0.3) is 0 Å². The quantitative estimate of drug-likeness (QED) is 0.728. The van der Waals surface area contributed by atoms with Crippen LogP contribution in [0.3, 0.4) is 0 Å². The van der Waals surface area contributed by atoms with Gasteiger partial charge in [-0.15, -0.1) is 0 Å². The van der Waals surface area contributed by atoms with Crippen molar-refractivity contribution in [2.45, 2.75) is 38.9 Å². The molecule has 1 atom stereocenters. The third-order valence-corrected chi connectivity index (χ3v) is 2.26. The van der Waals surface area contributed by atoms with E-state index < -0.39 is 0 Å². The fourth-order valence-corrected chi connectivity index (χ4v) is 1.44. The molecule has 0 aliphatic rings. The highest BCUT2D eigenvalue weighted by Crippen LogP contribution is 2.17. The lowest BCUT2D eigenvalue weighted by Crippen LogP contribution is -2.05. The summed E-state index contributed by atoms with van der Waals surface area (Å²) >= 11 is 0. The Morgan fingerprint density at radius 3 is 2.47 bits per heavy atom. The van der Waals surface area contributed by atoms with Crippen LogP contribution < -0.4 is 0 Å². The Labute approximate surface area is 91.9 Å². The van der Waals surface area contributed by atoms with E-state index in [0.717, 1.165) is 25.0 Å². The van der Waals surface area contributed by atoms with Crippen LogP contribution in [0.4, 0.5) is 0 Å². The van der Waals surface area contributed by atoms with Crippen LogP contribution in [-0.2, 0) is 4.74 Å². The smallest absolute Gasteiger partial charge is 0.0790 e. The first-order chi connectivity index (χ1) is 7.20. The van der Waals surface area contributed by atoms with Gasteiger partial charge < -0.3 is 9.84 Å². The van der Waals surface area contributed by atoms with Crippen LogP contribution in [0, 0.1) is 0 Å². The highest BCUT2D eigenvalue weighted by molar-refractivity contribution is 5.16. The molecule has 0 saturated carbocycles. The molecule has 0 amide bonds. The highest BCUT2D eigenvalue weighted by atomic mass is 16.5. The van der Waals surface area contributed by atoms with Crippen molar-refractivity contribution in [1.82, 2.24) is 0 Å². The van der Waals surface area contributed by atoms with Gasteiger partial charge in [0.15, 0.2) is 0 Å². The molecule has 0 aliphatic heterocycles. The summed E-state index contributed by atoms with van der Waals surface area (Å²) in [6, 6.07) is 9.76. The summed E-state index contributed by atoms with van der Waals surface area (Å²) in [5.74, 6) is 0. The van der Waals surface area contributed by atoms with E-state index in [1.54, 1.807) is 0 Å². The van der Waals surface area contributed by atoms with Gasteiger partial charge in [-0.25, -0.2) is 0 Å². The third kappa shape index (κ3) is 4.96. The van der Waals surface area contributed by atoms with Crippen LogP contribution in [-0.4, -0.2) is 17.8 Å². The van der Waals surface area contributed by atoms with Crippen molar-refractivity contribution >= 4 is 0 Å². The number of benzene rings is 1. The molecule has 0 saturated heterocycles. The molecule has 0 bridgehead atoms. The maximum absolute atomic E-state index is 9.83. The maximum Gasteiger partial charge on any atom is 0.0790 e. The zero-order valence-corrected chi connectivity index (χ0v) is 9.52. The summed E-state index contributed by atoms with van der Waals surface area (Å²) in [6.45, 7) is 4.77. The fourth-order valence-electron chi connectivity index (χ4n) is 1.44. The molecule has 1 aromatic rings. The lowest BCUT2D eigenvalue weighted by molar-refractivity contribution is 0.0650. The predicted molar refractivity (Wildman–Crippen MR) is 61.7 cm³/mol. The first-order valence-electron chi connectivity index (χ1n) is 5.54. The van der Waals surface area contributed by atoms with E-state index in [-0.39, 0.29) is 12.2 Å². The molecule has 1 N–H and O–H groups in total. The molecular weight excluding hydrogens is 188 g/mol. The van der Waals surface area contributed by atoms with Gasteiger partial charge in [0.05, 0.1) is 12.2 Å². The van der Waals surface area contributed by atoms with E-state index >= 15 is 0 Å². The molecule has 15 heavy (non-hydrogen) atoms. The first-order valence-corrected chi connectivity index (χ1v) is 5.54. The van der Waals surface area contributed by atoms with Crippen molar-refractivity contribution in [3.8, 4) is 0 Å². The third-order valence-electron chi connectivity index (χ3n) is 2.26. The molecule has 0 aromatic heterocycles. The summed E-state index contributed by atoms with van der Waals surface area (Å²) in [7, 11) is 0. The molecule has 0 radical (unpaired) electrons. The summed E-state index contributed by atoms with van der Waals surface area (Å²) in [5.41, 5.74) is 0.988. The molecule has 2 heteroatoms. The second-order valence-electron chi connectivity index (χ2n) is 3.99. The van der Waals surface area contributed by atoms with E-state index in [1.807, 2.05) is 44.2 Å². The van der Waals surface area contributed by atoms with Gasteiger partial charge >= 0.3 is 0 Å². The molecule has 0 spiro atoms. The number of aliphatic hydroxyl groups excluding tert-OH is 1. The molecule has 2 nitrogen and oxygen atoms in total. The van der Waals surface area contributed by atoms with E-state index in [0.29, 0.717) is 0 Å². The molecule has 0 aliphatic carbocycles. The van der Waals surface area contributed by atoms with Gasteiger partial charge in [-0.2, -0.15) is 0 Å². The number of aliphatic hydroxyl groups is 1. The largest absolute Gasteiger partial charge is 0.388 e. The van der Waals surface area contributed by atoms with Gasteiger partial charge in [-0.1, -0.05) is 30.3 Å². The summed E-state index contributed by atoms with van der Waals surface area (Å²) in [6.07, 6.45) is 1.58. The topological polar surface area (TPSA) is 29.5 Å². The number of hydrogen-bond acceptors (Lipinski definition) is 2. The predicted octanol–water partition coefficient (Wildman–Crippen LogP) is 2.93. The van der Waals surface area contributed by atoms with Crippen LogP contribution in [0.1, 0.15) is 38.4 Å². The summed E-state index contributed by atoms with van der Waals surface area (Å²) in [4.78, 5) is 0. The van der Waals surface area contributed by atoms with Crippen molar-refractivity contribution < 1.29 is 9.84 Å². The van der Waals surface area contributed by atoms with Crippen molar-refractivity contribution in [2.24, 2.45) is 0 Å². The minimum absolute atomic E-state index is 0.277. The standard InChI is InChI=1S/C13H20O2/c1-11(2)15-10-6-9-13(14)12-7-4-3-5-8-12/h3-5,7-8,11,13-14H,6,9-10H2,1-2H3. The van der Waals surface area contributed by atoms with E-state index in [9.17, 15) is 5.11 Å². The van der Waals surface area contributed by atoms with Crippen molar-refractivity contribution in [3.63, 3.8) is 0 Å². The van der Waals surface area contributed by atoms with Crippen molar-refractivity contribution in [2.75, 3.05) is 6.61 Å². The first kappa shape index (κ1) is 12.2. The second kappa shape index (κ2) is 6.59. The Morgan fingerprint density at radius 1 is 1.20 bits per heavy atom. The van der Waals surface area contributed by atoms with Crippen LogP contribution in [0.5, 0.6) is 0 Å². The van der Waals surface area contributed by atoms with Gasteiger partial charge in [0.1, 0.15) is 0 Å². The number of ether oxygens (including phenoxy) is 1. The second-order valence-corrected chi connectivity index (χ2v) is 3.99. The van der Waals surface area contributed by atoms with Gasteiger partial charge in [-0.3, -0.25) is 0 Å². The summed E-state index contributed by atoms with van der Waals surface area (Å²) in [5, 5.41) is 9.83. The Morgan fingerprint density at radius 2 is 1.87 bits per heavy atom. The SMILES string of the molecule is CC(C)OCCCC(O)c1ccccc1. The van der Waals surface area contributed by atoms with Gasteiger partial charge in [0, 0.05) is 6.61 Å². The van der Waals surface area contributed by atoms with Crippen LogP contribution >= 0.6 is 0 Å². The van der Waals surface area contributed by atoms with E-state index in [4.69, 9.17) is 4.74 Å². The van der Waals surface area contributed by atoms with Gasteiger partial charge in [0.2, 0.25) is 0 Å². The Bertz CT molecular complexity index is 256.